The molecule has 1 saturated heterocycles. The molecular formula is C14H19FN2O4S. The van der Waals surface area contributed by atoms with Crippen molar-refractivity contribution in [2.75, 3.05) is 12.4 Å². The van der Waals surface area contributed by atoms with E-state index in [1.807, 2.05) is 0 Å². The van der Waals surface area contributed by atoms with Crippen LogP contribution in [-0.2, 0) is 27.8 Å². The van der Waals surface area contributed by atoms with Gasteiger partial charge in [-0.2, -0.15) is 9.79 Å². The zero-order valence-electron chi connectivity index (χ0n) is 12.0. The third-order valence-corrected chi connectivity index (χ3v) is 6.05. The van der Waals surface area contributed by atoms with Crippen LogP contribution in [0.1, 0.15) is 24.0 Å². The number of hydroxylamine groups is 1. The van der Waals surface area contributed by atoms with Gasteiger partial charge in [0.2, 0.25) is 10.0 Å². The number of nitrogens with zero attached hydrogens (tertiary/aromatic N) is 1. The molecule has 6 nitrogen and oxygen atoms in total. The highest BCUT2D eigenvalue weighted by Gasteiger charge is 2.35. The van der Waals surface area contributed by atoms with Gasteiger partial charge in [0.15, 0.2) is 0 Å². The van der Waals surface area contributed by atoms with Gasteiger partial charge in [0.25, 0.3) is 0 Å². The van der Waals surface area contributed by atoms with Crippen molar-refractivity contribution in [1.29, 1.82) is 0 Å². The molecule has 122 valence electrons. The van der Waals surface area contributed by atoms with E-state index in [1.165, 1.54) is 16.4 Å². The molecular weight excluding hydrogens is 311 g/mol. The monoisotopic (exact) mass is 330 g/mol. The summed E-state index contributed by atoms with van der Waals surface area (Å²) in [7, 11) is -3.58. The second-order valence-corrected chi connectivity index (χ2v) is 7.76. The Kier molecular flexibility index (Phi) is 4.47. The molecule has 0 spiro atoms. The number of hydrogen-bond donors (Lipinski definition) is 2. The van der Waals surface area contributed by atoms with Crippen molar-refractivity contribution < 1.29 is 22.8 Å². The van der Waals surface area contributed by atoms with E-state index in [1.54, 1.807) is 6.07 Å². The molecule has 8 heteroatoms. The van der Waals surface area contributed by atoms with Gasteiger partial charge < -0.3 is 9.94 Å². The summed E-state index contributed by atoms with van der Waals surface area (Å²) < 4.78 is 45.1. The lowest BCUT2D eigenvalue weighted by Crippen LogP contribution is -2.46. The first-order valence-electron chi connectivity index (χ1n) is 7.26. The maximum absolute atomic E-state index is 13.2. The molecule has 2 N–H and O–H groups in total. The summed E-state index contributed by atoms with van der Waals surface area (Å²) in [6.07, 6.45) is 1.28. The maximum Gasteiger partial charge on any atom is 0.216 e. The largest absolute Gasteiger partial charge is 0.376 e. The van der Waals surface area contributed by atoms with Crippen molar-refractivity contribution in [3.63, 3.8) is 0 Å². The quantitative estimate of drug-likeness (QED) is 0.788. The third-order valence-electron chi connectivity index (χ3n) is 4.22. The normalized spacial score (nSPS) is 23.6. The van der Waals surface area contributed by atoms with Crippen LogP contribution in [0.4, 0.5) is 4.39 Å². The Morgan fingerprint density at radius 3 is 2.86 bits per heavy atom. The maximum atomic E-state index is 13.2. The second-order valence-electron chi connectivity index (χ2n) is 5.75. The summed E-state index contributed by atoms with van der Waals surface area (Å²) in [5, 5.41) is 9.24. The summed E-state index contributed by atoms with van der Waals surface area (Å²) in [5.74, 6) is -0.614. The van der Waals surface area contributed by atoms with E-state index < -0.39 is 16.1 Å². The van der Waals surface area contributed by atoms with E-state index in [0.29, 0.717) is 12.2 Å². The number of sulfonamides is 1. The average molecular weight is 330 g/mol. The molecule has 0 bridgehead atoms. The number of nitrogens with one attached hydrogen (secondary N) is 1. The molecule has 0 aromatic heterocycles. The second kappa shape index (κ2) is 6.21. The zero-order valence-corrected chi connectivity index (χ0v) is 12.9. The van der Waals surface area contributed by atoms with Gasteiger partial charge in [-0.25, -0.2) is 12.8 Å². The lowest BCUT2D eigenvalue weighted by molar-refractivity contribution is 0.0277. The van der Waals surface area contributed by atoms with E-state index in [0.717, 1.165) is 18.4 Å². The number of fused-ring (bicyclic) bond motifs is 1. The number of halogens is 1. The third kappa shape index (κ3) is 3.16. The average Bonchev–Trinajstić information content (AvgIpc) is 3.13. The minimum atomic E-state index is -3.58. The van der Waals surface area contributed by atoms with Gasteiger partial charge in [-0.05, 0) is 36.1 Å². The first-order chi connectivity index (χ1) is 10.5. The Hall–Kier alpha value is -1.06. The van der Waals surface area contributed by atoms with Crippen LogP contribution in [-0.4, -0.2) is 42.4 Å². The zero-order chi connectivity index (χ0) is 15.7. The van der Waals surface area contributed by atoms with Crippen LogP contribution >= 0.6 is 0 Å². The molecule has 0 amide bonds. The number of hydrogen-bond acceptors (Lipinski definition) is 5. The SMILES string of the molecule is O=S(=O)(C[C@@H](NO)[C@H]1CCCO1)N1Cc2ccc(F)cc2C1. The molecule has 1 fully saturated rings. The predicted molar refractivity (Wildman–Crippen MR) is 77.1 cm³/mol. The molecule has 2 atom stereocenters. The van der Waals surface area contributed by atoms with E-state index in [4.69, 9.17) is 4.74 Å². The lowest BCUT2D eigenvalue weighted by atomic mass is 10.1. The smallest absolute Gasteiger partial charge is 0.216 e. The van der Waals surface area contributed by atoms with Crippen molar-refractivity contribution in [3.05, 3.63) is 35.1 Å². The predicted octanol–water partition coefficient (Wildman–Crippen LogP) is 0.997. The van der Waals surface area contributed by atoms with Crippen molar-refractivity contribution in [3.8, 4) is 0 Å². The number of rotatable bonds is 5. The fraction of sp³-hybridized carbons (Fsp3) is 0.571. The van der Waals surface area contributed by atoms with Crippen molar-refractivity contribution in [1.82, 2.24) is 9.79 Å². The highest BCUT2D eigenvalue weighted by molar-refractivity contribution is 7.89. The van der Waals surface area contributed by atoms with E-state index in [2.05, 4.69) is 5.48 Å². The Bertz CT molecular complexity index is 646. The van der Waals surface area contributed by atoms with Crippen LogP contribution in [0.2, 0.25) is 0 Å². The molecule has 2 aliphatic rings. The minimum Gasteiger partial charge on any atom is -0.376 e. The van der Waals surface area contributed by atoms with E-state index >= 15 is 0 Å². The summed E-state index contributed by atoms with van der Waals surface area (Å²) in [5.41, 5.74) is 3.57. The number of benzene rings is 1. The van der Waals surface area contributed by atoms with Gasteiger partial charge in [-0.3, -0.25) is 0 Å². The van der Waals surface area contributed by atoms with Crippen LogP contribution < -0.4 is 5.48 Å². The van der Waals surface area contributed by atoms with Crippen molar-refractivity contribution in [2.45, 2.75) is 38.1 Å². The Balaban J connectivity index is 1.71. The first kappa shape index (κ1) is 15.8. The highest BCUT2D eigenvalue weighted by atomic mass is 32.2. The van der Waals surface area contributed by atoms with Crippen LogP contribution in [0.15, 0.2) is 18.2 Å². The van der Waals surface area contributed by atoms with Gasteiger partial charge in [0, 0.05) is 19.7 Å². The minimum absolute atomic E-state index is 0.166. The molecule has 2 heterocycles. The lowest BCUT2D eigenvalue weighted by Gasteiger charge is -2.24. The van der Waals surface area contributed by atoms with Gasteiger partial charge in [-0.15, -0.1) is 0 Å². The van der Waals surface area contributed by atoms with Gasteiger partial charge >= 0.3 is 0 Å². The molecule has 1 aromatic rings. The number of ether oxygens (including phenoxy) is 1. The summed E-state index contributed by atoms with van der Waals surface area (Å²) in [4.78, 5) is 0. The molecule has 0 saturated carbocycles. The molecule has 1 aromatic carbocycles. The molecule has 22 heavy (non-hydrogen) atoms. The van der Waals surface area contributed by atoms with Crippen molar-refractivity contribution in [2.24, 2.45) is 0 Å². The van der Waals surface area contributed by atoms with Gasteiger partial charge in [-0.1, -0.05) is 6.07 Å². The Labute approximate surface area is 128 Å². The Morgan fingerprint density at radius 2 is 2.18 bits per heavy atom. The summed E-state index contributed by atoms with van der Waals surface area (Å²) >= 11 is 0. The van der Waals surface area contributed by atoms with Crippen LogP contribution in [0, 0.1) is 5.82 Å². The van der Waals surface area contributed by atoms with E-state index in [-0.39, 0.29) is 30.8 Å². The van der Waals surface area contributed by atoms with Gasteiger partial charge in [0.05, 0.1) is 17.9 Å². The van der Waals surface area contributed by atoms with Crippen LogP contribution in [0.5, 0.6) is 0 Å². The highest BCUT2D eigenvalue weighted by Crippen LogP contribution is 2.27. The van der Waals surface area contributed by atoms with Crippen LogP contribution in [0.25, 0.3) is 0 Å². The molecule has 3 rings (SSSR count). The summed E-state index contributed by atoms with van der Waals surface area (Å²) in [6.45, 7) is 0.984. The van der Waals surface area contributed by atoms with Crippen molar-refractivity contribution >= 4 is 10.0 Å². The fourth-order valence-corrected chi connectivity index (χ4v) is 4.63. The molecule has 0 radical (unpaired) electrons. The topological polar surface area (TPSA) is 78.9 Å². The standard InChI is InChI=1S/C14H19FN2O4S/c15-12-4-3-10-7-17(8-11(10)6-12)22(19,20)9-13(16-18)14-2-1-5-21-14/h3-4,6,13-14,16,18H,1-2,5,7-9H2/t13-,14-/m1/s1. The Morgan fingerprint density at radius 1 is 1.41 bits per heavy atom. The summed E-state index contributed by atoms with van der Waals surface area (Å²) in [6, 6.07) is 3.65. The van der Waals surface area contributed by atoms with Gasteiger partial charge in [0.1, 0.15) is 5.82 Å². The molecule has 2 aliphatic heterocycles. The first-order valence-corrected chi connectivity index (χ1v) is 8.87. The van der Waals surface area contributed by atoms with E-state index in [9.17, 15) is 18.0 Å². The molecule has 0 aliphatic carbocycles. The fourth-order valence-electron chi connectivity index (χ4n) is 3.01. The van der Waals surface area contributed by atoms with Crippen LogP contribution in [0.3, 0.4) is 0 Å². The molecule has 0 unspecified atom stereocenters.